The standard InChI is InChI=1S/C13H25N3/c1-6-13(4,5)16-9-15-8-12(16)11(14)7-10(2)3/h8-11H,6-7,14H2,1-5H3. The van der Waals surface area contributed by atoms with Crippen LogP contribution >= 0.6 is 0 Å². The monoisotopic (exact) mass is 223 g/mol. The van der Waals surface area contributed by atoms with Gasteiger partial charge in [-0.3, -0.25) is 0 Å². The van der Waals surface area contributed by atoms with E-state index in [2.05, 4.69) is 44.2 Å². The smallest absolute Gasteiger partial charge is 0.0953 e. The molecule has 1 atom stereocenters. The second-order valence-electron chi connectivity index (χ2n) is 5.59. The summed E-state index contributed by atoms with van der Waals surface area (Å²) >= 11 is 0. The Labute approximate surface area is 99.1 Å². The minimum atomic E-state index is 0.0910. The SMILES string of the molecule is CCC(C)(C)n1cncc1C(N)CC(C)C. The minimum Gasteiger partial charge on any atom is -0.328 e. The van der Waals surface area contributed by atoms with Crippen molar-refractivity contribution in [2.45, 2.75) is 59.0 Å². The number of hydrogen-bond acceptors (Lipinski definition) is 2. The molecular weight excluding hydrogens is 198 g/mol. The van der Waals surface area contributed by atoms with Crippen molar-refractivity contribution < 1.29 is 0 Å². The van der Waals surface area contributed by atoms with E-state index in [1.165, 1.54) is 0 Å². The second kappa shape index (κ2) is 5.00. The molecule has 1 aromatic rings. The van der Waals surface area contributed by atoms with Crippen LogP contribution in [0.1, 0.15) is 59.2 Å². The van der Waals surface area contributed by atoms with Crippen molar-refractivity contribution in [2.75, 3.05) is 0 Å². The zero-order valence-electron chi connectivity index (χ0n) is 11.2. The first kappa shape index (κ1) is 13.2. The van der Waals surface area contributed by atoms with Gasteiger partial charge in [-0.25, -0.2) is 4.98 Å². The summed E-state index contributed by atoms with van der Waals surface area (Å²) in [5.41, 5.74) is 7.48. The van der Waals surface area contributed by atoms with Crippen LogP contribution in [0.4, 0.5) is 0 Å². The maximum absolute atomic E-state index is 6.23. The van der Waals surface area contributed by atoms with Gasteiger partial charge in [0.25, 0.3) is 0 Å². The van der Waals surface area contributed by atoms with Crippen molar-refractivity contribution in [3.8, 4) is 0 Å². The maximum Gasteiger partial charge on any atom is 0.0953 e. The van der Waals surface area contributed by atoms with Gasteiger partial charge in [0, 0.05) is 17.8 Å². The van der Waals surface area contributed by atoms with Crippen molar-refractivity contribution >= 4 is 0 Å². The maximum atomic E-state index is 6.23. The van der Waals surface area contributed by atoms with E-state index in [-0.39, 0.29) is 11.6 Å². The van der Waals surface area contributed by atoms with Gasteiger partial charge in [-0.15, -0.1) is 0 Å². The Kier molecular flexibility index (Phi) is 4.14. The first-order valence-electron chi connectivity index (χ1n) is 6.16. The fourth-order valence-corrected chi connectivity index (χ4v) is 1.88. The zero-order chi connectivity index (χ0) is 12.3. The molecule has 1 unspecified atom stereocenters. The van der Waals surface area contributed by atoms with Gasteiger partial charge < -0.3 is 10.3 Å². The molecule has 0 saturated heterocycles. The number of rotatable bonds is 5. The molecule has 1 aromatic heterocycles. The summed E-state index contributed by atoms with van der Waals surface area (Å²) in [6.45, 7) is 11.0. The summed E-state index contributed by atoms with van der Waals surface area (Å²) in [6.07, 6.45) is 5.89. The summed E-state index contributed by atoms with van der Waals surface area (Å²) in [5.74, 6) is 0.614. The Balaban J connectivity index is 2.94. The summed E-state index contributed by atoms with van der Waals surface area (Å²) in [6, 6.07) is 0.0910. The highest BCUT2D eigenvalue weighted by atomic mass is 15.1. The molecule has 0 spiro atoms. The number of nitrogens with two attached hydrogens (primary N) is 1. The third kappa shape index (κ3) is 2.85. The average Bonchev–Trinajstić information content (AvgIpc) is 2.65. The molecule has 0 amide bonds. The third-order valence-electron chi connectivity index (χ3n) is 3.29. The van der Waals surface area contributed by atoms with Crippen LogP contribution in [-0.4, -0.2) is 9.55 Å². The molecule has 0 bridgehead atoms. The lowest BCUT2D eigenvalue weighted by Gasteiger charge is -2.29. The third-order valence-corrected chi connectivity index (χ3v) is 3.29. The molecule has 0 radical (unpaired) electrons. The zero-order valence-corrected chi connectivity index (χ0v) is 11.2. The molecule has 0 aromatic carbocycles. The topological polar surface area (TPSA) is 43.8 Å². The number of hydrogen-bond donors (Lipinski definition) is 1. The fourth-order valence-electron chi connectivity index (χ4n) is 1.88. The van der Waals surface area contributed by atoms with Crippen molar-refractivity contribution in [1.82, 2.24) is 9.55 Å². The highest BCUT2D eigenvalue weighted by molar-refractivity contribution is 5.08. The van der Waals surface area contributed by atoms with E-state index in [1.807, 2.05) is 12.5 Å². The molecule has 1 rings (SSSR count). The molecule has 92 valence electrons. The van der Waals surface area contributed by atoms with Gasteiger partial charge in [0.2, 0.25) is 0 Å². The van der Waals surface area contributed by atoms with Gasteiger partial charge in [0.1, 0.15) is 0 Å². The lowest BCUT2D eigenvalue weighted by molar-refractivity contribution is 0.321. The Morgan fingerprint density at radius 3 is 2.56 bits per heavy atom. The fraction of sp³-hybridized carbons (Fsp3) is 0.769. The number of imidazole rings is 1. The van der Waals surface area contributed by atoms with E-state index >= 15 is 0 Å². The van der Waals surface area contributed by atoms with E-state index in [0.717, 1.165) is 18.5 Å². The summed E-state index contributed by atoms with van der Waals surface area (Å²) in [4.78, 5) is 4.25. The van der Waals surface area contributed by atoms with Crippen molar-refractivity contribution in [3.05, 3.63) is 18.2 Å². The van der Waals surface area contributed by atoms with Gasteiger partial charge in [0.15, 0.2) is 0 Å². The van der Waals surface area contributed by atoms with Crippen molar-refractivity contribution in [1.29, 1.82) is 0 Å². The van der Waals surface area contributed by atoms with E-state index in [9.17, 15) is 0 Å². The van der Waals surface area contributed by atoms with E-state index in [0.29, 0.717) is 5.92 Å². The Hall–Kier alpha value is -0.830. The molecule has 0 aliphatic rings. The Bertz CT molecular complexity index is 326. The van der Waals surface area contributed by atoms with Crippen LogP contribution in [0.2, 0.25) is 0 Å². The highest BCUT2D eigenvalue weighted by Gasteiger charge is 2.23. The van der Waals surface area contributed by atoms with Crippen molar-refractivity contribution in [3.63, 3.8) is 0 Å². The first-order chi connectivity index (χ1) is 7.38. The lowest BCUT2D eigenvalue weighted by Crippen LogP contribution is -2.29. The highest BCUT2D eigenvalue weighted by Crippen LogP contribution is 2.26. The van der Waals surface area contributed by atoms with E-state index in [4.69, 9.17) is 5.73 Å². The van der Waals surface area contributed by atoms with Crippen LogP contribution in [0, 0.1) is 5.92 Å². The molecule has 16 heavy (non-hydrogen) atoms. The molecule has 3 nitrogen and oxygen atoms in total. The molecule has 2 N–H and O–H groups in total. The first-order valence-corrected chi connectivity index (χ1v) is 6.16. The van der Waals surface area contributed by atoms with Crippen LogP contribution in [0.5, 0.6) is 0 Å². The van der Waals surface area contributed by atoms with Crippen LogP contribution in [0.3, 0.4) is 0 Å². The summed E-state index contributed by atoms with van der Waals surface area (Å²) in [7, 11) is 0. The van der Waals surface area contributed by atoms with Crippen molar-refractivity contribution in [2.24, 2.45) is 11.7 Å². The van der Waals surface area contributed by atoms with E-state index < -0.39 is 0 Å². The quantitative estimate of drug-likeness (QED) is 0.833. The van der Waals surface area contributed by atoms with Gasteiger partial charge in [-0.05, 0) is 32.6 Å². The minimum absolute atomic E-state index is 0.0910. The normalized spacial score (nSPS) is 14.4. The summed E-state index contributed by atoms with van der Waals surface area (Å²) in [5, 5.41) is 0. The molecule has 0 aliphatic heterocycles. The number of nitrogens with zero attached hydrogens (tertiary/aromatic N) is 2. The molecule has 0 aliphatic carbocycles. The van der Waals surface area contributed by atoms with Crippen LogP contribution < -0.4 is 5.73 Å². The van der Waals surface area contributed by atoms with Gasteiger partial charge in [-0.1, -0.05) is 20.8 Å². The molecule has 0 saturated carbocycles. The Morgan fingerprint density at radius 1 is 1.44 bits per heavy atom. The van der Waals surface area contributed by atoms with Gasteiger partial charge in [0.05, 0.1) is 12.0 Å². The van der Waals surface area contributed by atoms with Crippen LogP contribution in [0.25, 0.3) is 0 Å². The average molecular weight is 223 g/mol. The van der Waals surface area contributed by atoms with E-state index in [1.54, 1.807) is 0 Å². The van der Waals surface area contributed by atoms with Crippen LogP contribution in [-0.2, 0) is 5.54 Å². The predicted octanol–water partition coefficient (Wildman–Crippen LogP) is 3.07. The Morgan fingerprint density at radius 2 is 2.06 bits per heavy atom. The largest absolute Gasteiger partial charge is 0.328 e. The van der Waals surface area contributed by atoms with Gasteiger partial charge in [-0.2, -0.15) is 0 Å². The van der Waals surface area contributed by atoms with Crippen LogP contribution in [0.15, 0.2) is 12.5 Å². The second-order valence-corrected chi connectivity index (χ2v) is 5.59. The lowest BCUT2D eigenvalue weighted by atomic mass is 9.98. The molecule has 3 heteroatoms. The number of aromatic nitrogens is 2. The molecule has 0 fully saturated rings. The van der Waals surface area contributed by atoms with Gasteiger partial charge >= 0.3 is 0 Å². The predicted molar refractivity (Wildman–Crippen MR) is 68.2 cm³/mol. The molecule has 1 heterocycles. The summed E-state index contributed by atoms with van der Waals surface area (Å²) < 4.78 is 2.22. The molecular formula is C13H25N3.